The number of H-pyrrole nitrogens is 1. The summed E-state index contributed by atoms with van der Waals surface area (Å²) in [4.78, 5) is 13.9. The van der Waals surface area contributed by atoms with Crippen molar-refractivity contribution in [2.75, 3.05) is 0 Å². The first-order chi connectivity index (χ1) is 6.36. The summed E-state index contributed by atoms with van der Waals surface area (Å²) >= 11 is 0. The van der Waals surface area contributed by atoms with Crippen molar-refractivity contribution in [1.29, 1.82) is 0 Å². The van der Waals surface area contributed by atoms with Crippen LogP contribution < -0.4 is 5.69 Å². The summed E-state index contributed by atoms with van der Waals surface area (Å²) < 4.78 is 1.79. The number of nitrogens with one attached hydrogen (secondary N) is 1. The predicted octanol–water partition coefficient (Wildman–Crippen LogP) is 1.76. The second-order valence-electron chi connectivity index (χ2n) is 3.92. The lowest BCUT2D eigenvalue weighted by Crippen LogP contribution is -2.22. The first-order valence-electron chi connectivity index (χ1n) is 5.10. The van der Waals surface area contributed by atoms with Crippen LogP contribution in [0.4, 0.5) is 0 Å². The summed E-state index contributed by atoms with van der Waals surface area (Å²) in [5.41, 5.74) is 0.0329. The number of imidazole rings is 1. The zero-order chi connectivity index (χ0) is 9.10. The number of aromatic amines is 1. The van der Waals surface area contributed by atoms with E-state index in [0.29, 0.717) is 0 Å². The predicted molar refractivity (Wildman–Crippen MR) is 51.6 cm³/mol. The molecule has 0 aliphatic heterocycles. The highest BCUT2D eigenvalue weighted by molar-refractivity contribution is 4.78. The van der Waals surface area contributed by atoms with Gasteiger partial charge in [0.1, 0.15) is 0 Å². The summed E-state index contributed by atoms with van der Waals surface area (Å²) in [5.74, 6) is 0.724. The van der Waals surface area contributed by atoms with Gasteiger partial charge in [-0.05, 0) is 18.8 Å². The summed E-state index contributed by atoms with van der Waals surface area (Å²) in [6.45, 7) is 0.905. The fourth-order valence-electron chi connectivity index (χ4n) is 2.14. The zero-order valence-electron chi connectivity index (χ0n) is 7.83. The Kier molecular flexibility index (Phi) is 2.52. The molecule has 1 aliphatic carbocycles. The molecule has 13 heavy (non-hydrogen) atoms. The first-order valence-corrected chi connectivity index (χ1v) is 5.10. The molecule has 1 saturated carbocycles. The van der Waals surface area contributed by atoms with Crippen molar-refractivity contribution >= 4 is 0 Å². The molecule has 1 aromatic heterocycles. The molecule has 3 heteroatoms. The van der Waals surface area contributed by atoms with Gasteiger partial charge in [0.05, 0.1) is 0 Å². The normalized spacial score (nSPS) is 19.1. The highest BCUT2D eigenvalue weighted by Crippen LogP contribution is 2.24. The Balaban J connectivity index is 1.97. The molecule has 0 aromatic carbocycles. The number of aromatic nitrogens is 2. The van der Waals surface area contributed by atoms with Gasteiger partial charge < -0.3 is 4.98 Å². The number of hydrogen-bond donors (Lipinski definition) is 1. The Labute approximate surface area is 77.8 Å². The summed E-state index contributed by atoms with van der Waals surface area (Å²) in [5, 5.41) is 0. The number of rotatable bonds is 2. The van der Waals surface area contributed by atoms with Crippen molar-refractivity contribution in [3.05, 3.63) is 22.9 Å². The molecule has 0 amide bonds. The Morgan fingerprint density at radius 3 is 2.77 bits per heavy atom. The first kappa shape index (κ1) is 8.60. The monoisotopic (exact) mass is 180 g/mol. The van der Waals surface area contributed by atoms with Crippen molar-refractivity contribution in [2.45, 2.75) is 38.6 Å². The second kappa shape index (κ2) is 3.81. The minimum Gasteiger partial charge on any atom is -0.313 e. The molecule has 0 radical (unpaired) electrons. The van der Waals surface area contributed by atoms with E-state index in [4.69, 9.17) is 0 Å². The smallest absolute Gasteiger partial charge is 0.313 e. The van der Waals surface area contributed by atoms with Gasteiger partial charge in [-0.3, -0.25) is 4.57 Å². The quantitative estimate of drug-likeness (QED) is 0.739. The molecule has 72 valence electrons. The van der Waals surface area contributed by atoms with E-state index in [9.17, 15) is 4.79 Å². The highest BCUT2D eigenvalue weighted by Gasteiger charge is 2.14. The van der Waals surface area contributed by atoms with E-state index < -0.39 is 0 Å². The van der Waals surface area contributed by atoms with Gasteiger partial charge in [-0.1, -0.05) is 19.3 Å². The maximum absolute atomic E-state index is 11.2. The Morgan fingerprint density at radius 1 is 1.38 bits per heavy atom. The molecule has 1 N–H and O–H groups in total. The van der Waals surface area contributed by atoms with Crippen LogP contribution in [0.3, 0.4) is 0 Å². The largest absolute Gasteiger partial charge is 0.325 e. The highest BCUT2D eigenvalue weighted by atomic mass is 16.1. The fourth-order valence-corrected chi connectivity index (χ4v) is 2.14. The molecule has 0 spiro atoms. The van der Waals surface area contributed by atoms with Crippen LogP contribution in [-0.2, 0) is 6.54 Å². The molecular weight excluding hydrogens is 164 g/mol. The Bertz CT molecular complexity index is 307. The maximum Gasteiger partial charge on any atom is 0.325 e. The maximum atomic E-state index is 11.2. The molecule has 0 unspecified atom stereocenters. The molecule has 1 fully saturated rings. The summed E-state index contributed by atoms with van der Waals surface area (Å²) in [6, 6.07) is 0. The topological polar surface area (TPSA) is 37.8 Å². The second-order valence-corrected chi connectivity index (χ2v) is 3.92. The van der Waals surface area contributed by atoms with Gasteiger partial charge in [-0.2, -0.15) is 0 Å². The van der Waals surface area contributed by atoms with Crippen LogP contribution in [-0.4, -0.2) is 9.55 Å². The van der Waals surface area contributed by atoms with Crippen molar-refractivity contribution in [3.8, 4) is 0 Å². The SMILES string of the molecule is O=c1[nH]ccn1CC1CCCCC1. The number of hydrogen-bond acceptors (Lipinski definition) is 1. The Morgan fingerprint density at radius 2 is 2.15 bits per heavy atom. The standard InChI is InChI=1S/C10H16N2O/c13-10-11-6-7-12(10)8-9-4-2-1-3-5-9/h6-7,9H,1-5,8H2,(H,11,13). The van der Waals surface area contributed by atoms with Crippen LogP contribution in [0.15, 0.2) is 17.2 Å². The lowest BCUT2D eigenvalue weighted by molar-refractivity contribution is 0.316. The third-order valence-electron chi connectivity index (χ3n) is 2.90. The fraction of sp³-hybridized carbons (Fsp3) is 0.700. The third kappa shape index (κ3) is 2.02. The molecular formula is C10H16N2O. The van der Waals surface area contributed by atoms with Crippen LogP contribution >= 0.6 is 0 Å². The third-order valence-corrected chi connectivity index (χ3v) is 2.90. The minimum absolute atomic E-state index is 0.0329. The van der Waals surface area contributed by atoms with E-state index in [1.165, 1.54) is 32.1 Å². The lowest BCUT2D eigenvalue weighted by atomic mass is 9.89. The molecule has 0 bridgehead atoms. The molecule has 1 aliphatic rings. The van der Waals surface area contributed by atoms with E-state index >= 15 is 0 Å². The van der Waals surface area contributed by atoms with E-state index in [-0.39, 0.29) is 5.69 Å². The minimum atomic E-state index is 0.0329. The summed E-state index contributed by atoms with van der Waals surface area (Å²) in [6.07, 6.45) is 10.2. The van der Waals surface area contributed by atoms with Crippen LogP contribution in [0.25, 0.3) is 0 Å². The van der Waals surface area contributed by atoms with Crippen LogP contribution in [0.5, 0.6) is 0 Å². The average Bonchev–Trinajstić information content (AvgIpc) is 2.54. The van der Waals surface area contributed by atoms with Crippen LogP contribution in [0, 0.1) is 5.92 Å². The molecule has 3 nitrogen and oxygen atoms in total. The molecule has 2 rings (SSSR count). The zero-order valence-corrected chi connectivity index (χ0v) is 7.83. The van der Waals surface area contributed by atoms with Gasteiger partial charge in [0.15, 0.2) is 0 Å². The van der Waals surface area contributed by atoms with Gasteiger partial charge in [-0.25, -0.2) is 4.79 Å². The van der Waals surface area contributed by atoms with E-state index in [0.717, 1.165) is 12.5 Å². The van der Waals surface area contributed by atoms with Gasteiger partial charge in [0.2, 0.25) is 0 Å². The summed E-state index contributed by atoms with van der Waals surface area (Å²) in [7, 11) is 0. The average molecular weight is 180 g/mol. The van der Waals surface area contributed by atoms with Crippen molar-refractivity contribution in [1.82, 2.24) is 9.55 Å². The van der Waals surface area contributed by atoms with Crippen LogP contribution in [0.1, 0.15) is 32.1 Å². The van der Waals surface area contributed by atoms with E-state index in [2.05, 4.69) is 4.98 Å². The number of nitrogens with zero attached hydrogens (tertiary/aromatic N) is 1. The van der Waals surface area contributed by atoms with E-state index in [1.54, 1.807) is 10.8 Å². The van der Waals surface area contributed by atoms with Gasteiger partial charge in [0, 0.05) is 18.9 Å². The van der Waals surface area contributed by atoms with Gasteiger partial charge in [0.25, 0.3) is 0 Å². The molecule has 1 heterocycles. The molecule has 0 atom stereocenters. The Hall–Kier alpha value is -0.990. The van der Waals surface area contributed by atoms with Crippen molar-refractivity contribution in [3.63, 3.8) is 0 Å². The van der Waals surface area contributed by atoms with Gasteiger partial charge in [-0.15, -0.1) is 0 Å². The van der Waals surface area contributed by atoms with Crippen LogP contribution in [0.2, 0.25) is 0 Å². The van der Waals surface area contributed by atoms with E-state index in [1.807, 2.05) is 6.20 Å². The van der Waals surface area contributed by atoms with Gasteiger partial charge >= 0.3 is 5.69 Å². The molecule has 1 aromatic rings. The van der Waals surface area contributed by atoms with Crippen molar-refractivity contribution in [2.24, 2.45) is 5.92 Å². The molecule has 0 saturated heterocycles. The van der Waals surface area contributed by atoms with Crippen molar-refractivity contribution < 1.29 is 0 Å². The lowest BCUT2D eigenvalue weighted by Gasteiger charge is -2.21.